The van der Waals surface area contributed by atoms with Crippen molar-refractivity contribution in [2.24, 2.45) is 0 Å². The SMILES string of the molecule is CCOC(=O)CCN(Cc1ccccc1)C(=O)COc1ccc(Cl)cc1Cl. The van der Waals surface area contributed by atoms with Gasteiger partial charge in [0.25, 0.3) is 5.91 Å². The highest BCUT2D eigenvalue weighted by Crippen LogP contribution is 2.27. The van der Waals surface area contributed by atoms with Crippen molar-refractivity contribution in [1.82, 2.24) is 4.90 Å². The van der Waals surface area contributed by atoms with Gasteiger partial charge in [0.2, 0.25) is 0 Å². The second kappa shape index (κ2) is 10.8. The Labute approximate surface area is 168 Å². The zero-order valence-corrected chi connectivity index (χ0v) is 16.5. The zero-order valence-electron chi connectivity index (χ0n) is 15.0. The largest absolute Gasteiger partial charge is 0.482 e. The van der Waals surface area contributed by atoms with Crippen LogP contribution in [0.5, 0.6) is 5.75 Å². The van der Waals surface area contributed by atoms with E-state index in [9.17, 15) is 9.59 Å². The summed E-state index contributed by atoms with van der Waals surface area (Å²) >= 11 is 11.9. The van der Waals surface area contributed by atoms with Gasteiger partial charge in [-0.05, 0) is 30.7 Å². The first-order valence-corrected chi connectivity index (χ1v) is 9.30. The Bertz CT molecular complexity index is 768. The van der Waals surface area contributed by atoms with Crippen LogP contribution in [0.1, 0.15) is 18.9 Å². The number of benzene rings is 2. The highest BCUT2D eigenvalue weighted by Gasteiger charge is 2.17. The fourth-order valence-corrected chi connectivity index (χ4v) is 2.84. The van der Waals surface area contributed by atoms with E-state index in [4.69, 9.17) is 32.7 Å². The molecule has 144 valence electrons. The summed E-state index contributed by atoms with van der Waals surface area (Å²) in [5.41, 5.74) is 0.958. The van der Waals surface area contributed by atoms with Crippen LogP contribution in [0.2, 0.25) is 10.0 Å². The minimum atomic E-state index is -0.343. The molecule has 0 N–H and O–H groups in total. The van der Waals surface area contributed by atoms with E-state index in [0.29, 0.717) is 28.9 Å². The summed E-state index contributed by atoms with van der Waals surface area (Å²) in [5, 5.41) is 0.815. The van der Waals surface area contributed by atoms with Crippen molar-refractivity contribution in [3.63, 3.8) is 0 Å². The van der Waals surface area contributed by atoms with Gasteiger partial charge in [0.05, 0.1) is 18.1 Å². The molecule has 2 aromatic rings. The molecular weight excluding hydrogens is 389 g/mol. The van der Waals surface area contributed by atoms with Gasteiger partial charge < -0.3 is 14.4 Å². The third kappa shape index (κ3) is 7.12. The molecule has 0 heterocycles. The number of hydrogen-bond donors (Lipinski definition) is 0. The molecule has 27 heavy (non-hydrogen) atoms. The number of esters is 1. The van der Waals surface area contributed by atoms with E-state index in [-0.39, 0.29) is 31.4 Å². The van der Waals surface area contributed by atoms with Crippen molar-refractivity contribution in [1.29, 1.82) is 0 Å². The highest BCUT2D eigenvalue weighted by molar-refractivity contribution is 6.35. The monoisotopic (exact) mass is 409 g/mol. The van der Waals surface area contributed by atoms with Crippen LogP contribution in [-0.4, -0.2) is 36.5 Å². The van der Waals surface area contributed by atoms with Crippen LogP contribution in [-0.2, 0) is 20.9 Å². The lowest BCUT2D eigenvalue weighted by Crippen LogP contribution is -2.36. The molecule has 0 atom stereocenters. The average molecular weight is 410 g/mol. The average Bonchev–Trinajstić information content (AvgIpc) is 2.65. The maximum absolute atomic E-state index is 12.6. The Balaban J connectivity index is 2.01. The summed E-state index contributed by atoms with van der Waals surface area (Å²) in [6.45, 7) is 2.47. The number of nitrogens with zero attached hydrogens (tertiary/aromatic N) is 1. The first kappa shape index (κ1) is 21.1. The van der Waals surface area contributed by atoms with E-state index in [1.54, 1.807) is 30.0 Å². The molecule has 0 saturated carbocycles. The van der Waals surface area contributed by atoms with Crippen molar-refractivity contribution in [3.05, 3.63) is 64.1 Å². The molecule has 1 amide bonds. The molecular formula is C20H21Cl2NO4. The molecule has 5 nitrogen and oxygen atoms in total. The summed E-state index contributed by atoms with van der Waals surface area (Å²) in [5.74, 6) is -0.223. The number of halogens is 2. The van der Waals surface area contributed by atoms with Crippen molar-refractivity contribution < 1.29 is 19.1 Å². The summed E-state index contributed by atoms with van der Waals surface area (Å²) in [6, 6.07) is 14.3. The van der Waals surface area contributed by atoms with Crippen LogP contribution >= 0.6 is 23.2 Å². The van der Waals surface area contributed by atoms with Crippen LogP contribution in [0.3, 0.4) is 0 Å². The second-order valence-corrected chi connectivity index (χ2v) is 6.56. The van der Waals surface area contributed by atoms with Crippen molar-refractivity contribution >= 4 is 35.1 Å². The molecule has 0 unspecified atom stereocenters. The number of amides is 1. The van der Waals surface area contributed by atoms with Gasteiger partial charge in [-0.3, -0.25) is 9.59 Å². The maximum atomic E-state index is 12.6. The fourth-order valence-electron chi connectivity index (χ4n) is 2.38. The summed E-state index contributed by atoms with van der Waals surface area (Å²) in [7, 11) is 0. The van der Waals surface area contributed by atoms with E-state index in [0.717, 1.165) is 5.56 Å². The third-order valence-corrected chi connectivity index (χ3v) is 4.24. The number of ether oxygens (including phenoxy) is 2. The lowest BCUT2D eigenvalue weighted by Gasteiger charge is -2.23. The molecule has 0 aliphatic heterocycles. The van der Waals surface area contributed by atoms with Gasteiger partial charge in [0.1, 0.15) is 5.75 Å². The third-order valence-electron chi connectivity index (χ3n) is 3.71. The van der Waals surface area contributed by atoms with Crippen LogP contribution in [0.15, 0.2) is 48.5 Å². The fraction of sp³-hybridized carbons (Fsp3) is 0.300. The maximum Gasteiger partial charge on any atom is 0.307 e. The molecule has 0 aromatic heterocycles. The number of hydrogen-bond acceptors (Lipinski definition) is 4. The topological polar surface area (TPSA) is 55.8 Å². The van der Waals surface area contributed by atoms with E-state index in [1.807, 2.05) is 30.3 Å². The predicted molar refractivity (Wildman–Crippen MR) is 105 cm³/mol. The highest BCUT2D eigenvalue weighted by atomic mass is 35.5. The Kier molecular flexibility index (Phi) is 8.43. The molecule has 0 saturated heterocycles. The molecule has 0 bridgehead atoms. The smallest absolute Gasteiger partial charge is 0.307 e. The predicted octanol–water partition coefficient (Wildman–Crippen LogP) is 4.35. The molecule has 0 fully saturated rings. The van der Waals surface area contributed by atoms with Crippen LogP contribution in [0, 0.1) is 0 Å². The van der Waals surface area contributed by atoms with Crippen molar-refractivity contribution in [2.75, 3.05) is 19.8 Å². The standard InChI is InChI=1S/C20H21Cl2NO4/c1-2-26-20(25)10-11-23(13-15-6-4-3-5-7-15)19(24)14-27-18-9-8-16(21)12-17(18)22/h3-9,12H,2,10-11,13-14H2,1H3. The van der Waals surface area contributed by atoms with Crippen molar-refractivity contribution in [2.45, 2.75) is 19.9 Å². The Hall–Kier alpha value is -2.24. The second-order valence-electron chi connectivity index (χ2n) is 5.72. The lowest BCUT2D eigenvalue weighted by molar-refractivity contribution is -0.144. The Morgan fingerprint density at radius 2 is 1.81 bits per heavy atom. The molecule has 0 spiro atoms. The summed E-state index contributed by atoms with van der Waals surface area (Å²) in [6.07, 6.45) is 0.119. The molecule has 7 heteroatoms. The Morgan fingerprint density at radius 3 is 2.48 bits per heavy atom. The van der Waals surface area contributed by atoms with Crippen LogP contribution < -0.4 is 4.74 Å². The minimum absolute atomic E-state index is 0.119. The van der Waals surface area contributed by atoms with Crippen LogP contribution in [0.25, 0.3) is 0 Å². The number of rotatable bonds is 9. The van der Waals surface area contributed by atoms with Gasteiger partial charge in [-0.2, -0.15) is 0 Å². The van der Waals surface area contributed by atoms with Gasteiger partial charge in [-0.25, -0.2) is 0 Å². The Morgan fingerprint density at radius 1 is 1.07 bits per heavy atom. The van der Waals surface area contributed by atoms with E-state index in [1.165, 1.54) is 0 Å². The number of carbonyl (C=O) groups excluding carboxylic acids is 2. The van der Waals surface area contributed by atoms with Gasteiger partial charge >= 0.3 is 5.97 Å². The molecule has 0 radical (unpaired) electrons. The van der Waals surface area contributed by atoms with Crippen LogP contribution in [0.4, 0.5) is 0 Å². The first-order valence-electron chi connectivity index (χ1n) is 8.54. The van der Waals surface area contributed by atoms with E-state index < -0.39 is 0 Å². The minimum Gasteiger partial charge on any atom is -0.482 e. The van der Waals surface area contributed by atoms with Gasteiger partial charge in [-0.15, -0.1) is 0 Å². The van der Waals surface area contributed by atoms with Gasteiger partial charge in [0.15, 0.2) is 6.61 Å². The first-order chi connectivity index (χ1) is 13.0. The van der Waals surface area contributed by atoms with Gasteiger partial charge in [-0.1, -0.05) is 53.5 Å². The molecule has 0 aliphatic rings. The zero-order chi connectivity index (χ0) is 19.6. The van der Waals surface area contributed by atoms with E-state index >= 15 is 0 Å². The quantitative estimate of drug-likeness (QED) is 0.577. The lowest BCUT2D eigenvalue weighted by atomic mass is 10.2. The normalized spacial score (nSPS) is 10.3. The molecule has 0 aliphatic carbocycles. The summed E-state index contributed by atoms with van der Waals surface area (Å²) in [4.78, 5) is 25.9. The molecule has 2 aromatic carbocycles. The summed E-state index contributed by atoms with van der Waals surface area (Å²) < 4.78 is 10.5. The molecule has 2 rings (SSSR count). The van der Waals surface area contributed by atoms with E-state index in [2.05, 4.69) is 0 Å². The van der Waals surface area contributed by atoms with Crippen molar-refractivity contribution in [3.8, 4) is 5.75 Å². The number of carbonyl (C=O) groups is 2. The van der Waals surface area contributed by atoms with Gasteiger partial charge in [0, 0.05) is 18.1 Å².